The monoisotopic (exact) mass is 238 g/mol. The van der Waals surface area contributed by atoms with Crippen molar-refractivity contribution in [2.75, 3.05) is 18.5 Å². The van der Waals surface area contributed by atoms with E-state index in [1.807, 2.05) is 0 Å². The summed E-state index contributed by atoms with van der Waals surface area (Å²) in [4.78, 5) is 8.42. The Bertz CT molecular complexity index is 332. The molecule has 96 valence electrons. The number of hydrogen-bond donors (Lipinski definition) is 2. The molecule has 17 heavy (non-hydrogen) atoms. The van der Waals surface area contributed by atoms with Crippen LogP contribution in [0.25, 0.3) is 0 Å². The first-order chi connectivity index (χ1) is 8.17. The summed E-state index contributed by atoms with van der Waals surface area (Å²) < 4.78 is 5.43. The van der Waals surface area contributed by atoms with Crippen molar-refractivity contribution in [3.05, 3.63) is 12.4 Å². The van der Waals surface area contributed by atoms with Gasteiger partial charge in [-0.15, -0.1) is 0 Å². The molecule has 5 nitrogen and oxygen atoms in total. The van der Waals surface area contributed by atoms with E-state index in [1.54, 1.807) is 12.4 Å². The van der Waals surface area contributed by atoms with Gasteiger partial charge in [0.1, 0.15) is 5.82 Å². The van der Waals surface area contributed by atoms with Gasteiger partial charge in [-0.2, -0.15) is 4.98 Å². The first kappa shape index (κ1) is 13.7. The zero-order chi connectivity index (χ0) is 12.7. The molecular weight excluding hydrogens is 216 g/mol. The van der Waals surface area contributed by atoms with Crippen molar-refractivity contribution >= 4 is 5.82 Å². The number of nitrogens with one attached hydrogen (secondary N) is 1. The molecule has 0 radical (unpaired) electrons. The molecule has 1 aromatic heterocycles. The molecule has 2 unspecified atom stereocenters. The topological polar surface area (TPSA) is 73.1 Å². The van der Waals surface area contributed by atoms with E-state index in [2.05, 4.69) is 36.1 Å². The van der Waals surface area contributed by atoms with Crippen LogP contribution in [0, 0.1) is 5.92 Å². The molecule has 0 aliphatic rings. The van der Waals surface area contributed by atoms with Crippen LogP contribution in [-0.2, 0) is 0 Å². The Hall–Kier alpha value is -1.36. The molecule has 0 spiro atoms. The number of rotatable bonds is 7. The summed E-state index contributed by atoms with van der Waals surface area (Å²) in [6.07, 6.45) is 4.27. The number of anilines is 1. The maximum absolute atomic E-state index is 5.62. The van der Waals surface area contributed by atoms with E-state index < -0.39 is 0 Å². The van der Waals surface area contributed by atoms with Gasteiger partial charge in [0.25, 0.3) is 0 Å². The number of nitrogens with two attached hydrogens (primary N) is 1. The summed E-state index contributed by atoms with van der Waals surface area (Å²) in [7, 11) is 0. The van der Waals surface area contributed by atoms with Crippen LogP contribution < -0.4 is 15.8 Å². The Morgan fingerprint density at radius 1 is 1.41 bits per heavy atom. The molecule has 0 aliphatic carbocycles. The summed E-state index contributed by atoms with van der Waals surface area (Å²) in [6, 6.07) is 0.260. The Balaban J connectivity index is 2.58. The summed E-state index contributed by atoms with van der Waals surface area (Å²) in [6.45, 7) is 7.54. The van der Waals surface area contributed by atoms with E-state index in [0.717, 1.165) is 12.2 Å². The van der Waals surface area contributed by atoms with Crippen LogP contribution in [0.3, 0.4) is 0 Å². The quantitative estimate of drug-likeness (QED) is 0.755. The highest BCUT2D eigenvalue weighted by atomic mass is 16.5. The zero-order valence-corrected chi connectivity index (χ0v) is 10.8. The van der Waals surface area contributed by atoms with Crippen molar-refractivity contribution in [2.45, 2.75) is 33.2 Å². The lowest BCUT2D eigenvalue weighted by Gasteiger charge is -2.20. The first-order valence-corrected chi connectivity index (χ1v) is 6.08. The third-order valence-electron chi connectivity index (χ3n) is 2.67. The van der Waals surface area contributed by atoms with Crippen molar-refractivity contribution in [2.24, 2.45) is 11.7 Å². The van der Waals surface area contributed by atoms with Gasteiger partial charge < -0.3 is 15.8 Å². The molecule has 0 bridgehead atoms. The summed E-state index contributed by atoms with van der Waals surface area (Å²) >= 11 is 0. The van der Waals surface area contributed by atoms with Gasteiger partial charge >= 0.3 is 0 Å². The second-order valence-corrected chi connectivity index (χ2v) is 4.24. The molecule has 0 saturated heterocycles. The van der Waals surface area contributed by atoms with E-state index in [0.29, 0.717) is 24.9 Å². The van der Waals surface area contributed by atoms with E-state index in [1.165, 1.54) is 0 Å². The van der Waals surface area contributed by atoms with Gasteiger partial charge in [0.2, 0.25) is 5.88 Å². The molecular formula is C12H22N4O. The predicted molar refractivity (Wildman–Crippen MR) is 69.1 cm³/mol. The Kier molecular flexibility index (Phi) is 5.69. The van der Waals surface area contributed by atoms with Crippen LogP contribution in [-0.4, -0.2) is 29.2 Å². The molecule has 1 aromatic rings. The number of hydrogen-bond acceptors (Lipinski definition) is 5. The van der Waals surface area contributed by atoms with Crippen molar-refractivity contribution in [1.29, 1.82) is 0 Å². The summed E-state index contributed by atoms with van der Waals surface area (Å²) in [5, 5.41) is 3.28. The molecule has 0 amide bonds. The van der Waals surface area contributed by atoms with Crippen LogP contribution in [0.2, 0.25) is 0 Å². The molecule has 0 aromatic carbocycles. The lowest BCUT2D eigenvalue weighted by Crippen LogP contribution is -2.29. The average Bonchev–Trinajstić information content (AvgIpc) is 2.35. The van der Waals surface area contributed by atoms with Crippen molar-refractivity contribution in [1.82, 2.24) is 9.97 Å². The maximum atomic E-state index is 5.62. The zero-order valence-electron chi connectivity index (χ0n) is 10.8. The standard InChI is InChI=1S/C12H22N4O/c1-4-5-17-12-8-14-7-11(16-12)15-10(3)9(2)6-13/h7-10H,4-6,13H2,1-3H3,(H,15,16). The van der Waals surface area contributed by atoms with Gasteiger partial charge in [0.05, 0.1) is 19.0 Å². The predicted octanol–water partition coefficient (Wildman–Crippen LogP) is 1.66. The van der Waals surface area contributed by atoms with Gasteiger partial charge in [0, 0.05) is 6.04 Å². The minimum atomic E-state index is 0.260. The molecule has 2 atom stereocenters. The lowest BCUT2D eigenvalue weighted by atomic mass is 10.0. The van der Waals surface area contributed by atoms with Crippen LogP contribution in [0.5, 0.6) is 5.88 Å². The highest BCUT2D eigenvalue weighted by Crippen LogP contribution is 2.12. The molecule has 3 N–H and O–H groups in total. The minimum absolute atomic E-state index is 0.260. The van der Waals surface area contributed by atoms with Gasteiger partial charge in [-0.1, -0.05) is 13.8 Å². The average molecular weight is 238 g/mol. The normalized spacial score (nSPS) is 14.1. The molecule has 0 saturated carbocycles. The van der Waals surface area contributed by atoms with Crippen LogP contribution in [0.15, 0.2) is 12.4 Å². The third-order valence-corrected chi connectivity index (χ3v) is 2.67. The minimum Gasteiger partial charge on any atom is -0.477 e. The van der Waals surface area contributed by atoms with Gasteiger partial charge in [0.15, 0.2) is 0 Å². The van der Waals surface area contributed by atoms with E-state index in [-0.39, 0.29) is 6.04 Å². The number of nitrogens with zero attached hydrogens (tertiary/aromatic N) is 2. The largest absolute Gasteiger partial charge is 0.477 e. The molecule has 1 heterocycles. The smallest absolute Gasteiger partial charge is 0.234 e. The van der Waals surface area contributed by atoms with Gasteiger partial charge in [-0.05, 0) is 25.8 Å². The van der Waals surface area contributed by atoms with Crippen molar-refractivity contribution in [3.63, 3.8) is 0 Å². The van der Waals surface area contributed by atoms with Crippen LogP contribution in [0.1, 0.15) is 27.2 Å². The molecule has 0 fully saturated rings. The second-order valence-electron chi connectivity index (χ2n) is 4.24. The SMILES string of the molecule is CCCOc1cncc(NC(C)C(C)CN)n1. The molecule has 0 aliphatic heterocycles. The Morgan fingerprint density at radius 3 is 2.82 bits per heavy atom. The fourth-order valence-corrected chi connectivity index (χ4v) is 1.27. The van der Waals surface area contributed by atoms with Crippen molar-refractivity contribution < 1.29 is 4.74 Å². The third kappa shape index (κ3) is 4.56. The summed E-state index contributed by atoms with van der Waals surface area (Å²) in [5.41, 5.74) is 5.62. The second kappa shape index (κ2) is 7.06. The fourth-order valence-electron chi connectivity index (χ4n) is 1.27. The maximum Gasteiger partial charge on any atom is 0.234 e. The molecule has 5 heteroatoms. The van der Waals surface area contributed by atoms with Gasteiger partial charge in [-0.25, -0.2) is 0 Å². The number of aromatic nitrogens is 2. The van der Waals surface area contributed by atoms with E-state index in [9.17, 15) is 0 Å². The first-order valence-electron chi connectivity index (χ1n) is 6.08. The summed E-state index contributed by atoms with van der Waals surface area (Å²) in [5.74, 6) is 1.67. The van der Waals surface area contributed by atoms with Gasteiger partial charge in [-0.3, -0.25) is 4.98 Å². The van der Waals surface area contributed by atoms with E-state index in [4.69, 9.17) is 10.5 Å². The van der Waals surface area contributed by atoms with Crippen LogP contribution >= 0.6 is 0 Å². The lowest BCUT2D eigenvalue weighted by molar-refractivity contribution is 0.304. The Labute approximate surface area is 103 Å². The Morgan fingerprint density at radius 2 is 2.18 bits per heavy atom. The number of ether oxygens (including phenoxy) is 1. The molecule has 1 rings (SSSR count). The van der Waals surface area contributed by atoms with E-state index >= 15 is 0 Å². The van der Waals surface area contributed by atoms with Crippen LogP contribution in [0.4, 0.5) is 5.82 Å². The highest BCUT2D eigenvalue weighted by Gasteiger charge is 2.11. The highest BCUT2D eigenvalue weighted by molar-refractivity contribution is 5.34. The fraction of sp³-hybridized carbons (Fsp3) is 0.667. The van der Waals surface area contributed by atoms with Crippen molar-refractivity contribution in [3.8, 4) is 5.88 Å².